The van der Waals surface area contributed by atoms with Gasteiger partial charge in [0.05, 0.1) is 19.4 Å². The number of piperidine rings is 1. The van der Waals surface area contributed by atoms with Crippen LogP contribution in [0.15, 0.2) is 12.1 Å². The Kier molecular flexibility index (Phi) is 9.31. The van der Waals surface area contributed by atoms with E-state index in [1.807, 2.05) is 4.90 Å². The van der Waals surface area contributed by atoms with Gasteiger partial charge in [-0.1, -0.05) is 6.92 Å². The van der Waals surface area contributed by atoms with Crippen molar-refractivity contribution in [2.24, 2.45) is 17.8 Å². The van der Waals surface area contributed by atoms with Crippen molar-refractivity contribution in [2.75, 3.05) is 49.7 Å². The number of rotatable bonds is 8. The smallest absolute Gasteiger partial charge is 0.151 e. The fourth-order valence-electron chi connectivity index (χ4n) is 6.67. The van der Waals surface area contributed by atoms with Crippen LogP contribution in [0, 0.1) is 29.4 Å². The SMILES string of the molecule is CC1CC(Cl)CC2C1C1CC(F)CNC1N(C(C)C)CN2c1c(F)cc(NCCNCCO)cc1F. The molecule has 2 heterocycles. The molecule has 0 spiro atoms. The molecule has 7 unspecified atom stereocenters. The molecule has 1 aromatic rings. The summed E-state index contributed by atoms with van der Waals surface area (Å²) in [4.78, 5) is 4.10. The number of halogens is 4. The number of aliphatic hydroxyl groups is 1. The number of fused-ring (bicyclic) bond motifs is 3. The van der Waals surface area contributed by atoms with E-state index in [1.54, 1.807) is 0 Å². The van der Waals surface area contributed by atoms with Gasteiger partial charge in [-0.3, -0.25) is 10.2 Å². The molecular formula is C26H41ClF3N5O. The number of anilines is 2. The third-order valence-electron chi connectivity index (χ3n) is 8.16. The zero-order valence-electron chi connectivity index (χ0n) is 21.5. The molecule has 3 aliphatic rings. The monoisotopic (exact) mass is 531 g/mol. The molecule has 0 aromatic heterocycles. The lowest BCUT2D eigenvalue weighted by Gasteiger charge is -2.48. The van der Waals surface area contributed by atoms with Gasteiger partial charge in [-0.05, 0) is 63.0 Å². The molecule has 0 amide bonds. The second kappa shape index (κ2) is 12.1. The first-order valence-corrected chi connectivity index (χ1v) is 13.7. The zero-order chi connectivity index (χ0) is 26.0. The molecule has 1 aromatic carbocycles. The Balaban J connectivity index is 1.68. The molecule has 204 valence electrons. The molecule has 4 N–H and O–H groups in total. The highest BCUT2D eigenvalue weighted by Crippen LogP contribution is 2.48. The van der Waals surface area contributed by atoms with Gasteiger partial charge in [0.15, 0.2) is 11.6 Å². The van der Waals surface area contributed by atoms with Gasteiger partial charge in [-0.25, -0.2) is 13.2 Å². The van der Waals surface area contributed by atoms with E-state index in [9.17, 15) is 4.39 Å². The first-order chi connectivity index (χ1) is 17.2. The predicted molar refractivity (Wildman–Crippen MR) is 139 cm³/mol. The standard InChI is InChI=1S/C26H41ClF3N5O/c1-15(2)34-14-35(25-21(29)11-19(12-22(25)30)32-5-4-31-6-7-36)23-9-17(27)8-16(3)24(23)20-10-18(28)13-33-26(20)34/h11-12,15-18,20,23-24,26,31-33,36H,4-10,13-14H2,1-3H3. The summed E-state index contributed by atoms with van der Waals surface area (Å²) in [5, 5.41) is 18.3. The number of hydrogen-bond donors (Lipinski definition) is 4. The Labute approximate surface area is 217 Å². The summed E-state index contributed by atoms with van der Waals surface area (Å²) in [6, 6.07) is 2.60. The number of benzene rings is 1. The normalized spacial score (nSPS) is 33.2. The largest absolute Gasteiger partial charge is 0.395 e. The Hall–Kier alpha value is -1.26. The Morgan fingerprint density at radius 1 is 1.14 bits per heavy atom. The Morgan fingerprint density at radius 2 is 1.86 bits per heavy atom. The average Bonchev–Trinajstić information content (AvgIpc) is 2.93. The maximum atomic E-state index is 15.7. The van der Waals surface area contributed by atoms with Crippen molar-refractivity contribution in [2.45, 2.75) is 69.8 Å². The molecule has 3 fully saturated rings. The molecule has 0 radical (unpaired) electrons. The fourth-order valence-corrected chi connectivity index (χ4v) is 7.13. The van der Waals surface area contributed by atoms with Gasteiger partial charge in [0.25, 0.3) is 0 Å². The van der Waals surface area contributed by atoms with Gasteiger partial charge in [0, 0.05) is 49.3 Å². The zero-order valence-corrected chi connectivity index (χ0v) is 22.2. The summed E-state index contributed by atoms with van der Waals surface area (Å²) in [7, 11) is 0. The highest BCUT2D eigenvalue weighted by atomic mass is 35.5. The van der Waals surface area contributed by atoms with Gasteiger partial charge in [-0.15, -0.1) is 11.6 Å². The van der Waals surface area contributed by atoms with Crippen molar-refractivity contribution in [3.8, 4) is 0 Å². The van der Waals surface area contributed by atoms with Gasteiger partial charge >= 0.3 is 0 Å². The molecule has 2 saturated heterocycles. The minimum absolute atomic E-state index is 0.0313. The lowest BCUT2D eigenvalue weighted by Crippen LogP contribution is -2.59. The van der Waals surface area contributed by atoms with Crippen molar-refractivity contribution in [1.29, 1.82) is 0 Å². The maximum Gasteiger partial charge on any atom is 0.151 e. The van der Waals surface area contributed by atoms with Crippen LogP contribution in [0.3, 0.4) is 0 Å². The van der Waals surface area contributed by atoms with Crippen molar-refractivity contribution >= 4 is 23.0 Å². The fraction of sp³-hybridized carbons (Fsp3) is 0.769. The van der Waals surface area contributed by atoms with Crippen LogP contribution >= 0.6 is 11.6 Å². The van der Waals surface area contributed by atoms with Crippen molar-refractivity contribution in [3.63, 3.8) is 0 Å². The van der Waals surface area contributed by atoms with Crippen LogP contribution in [0.5, 0.6) is 0 Å². The highest BCUT2D eigenvalue weighted by Gasteiger charge is 2.51. The van der Waals surface area contributed by atoms with Crippen LogP contribution < -0.4 is 20.9 Å². The summed E-state index contributed by atoms with van der Waals surface area (Å²) in [5.41, 5.74) is 0.336. The van der Waals surface area contributed by atoms with Gasteiger partial charge < -0.3 is 20.6 Å². The van der Waals surface area contributed by atoms with E-state index in [4.69, 9.17) is 16.7 Å². The molecule has 1 saturated carbocycles. The number of nitrogens with one attached hydrogen (secondary N) is 3. The molecule has 36 heavy (non-hydrogen) atoms. The van der Waals surface area contributed by atoms with E-state index in [2.05, 4.69) is 41.6 Å². The lowest BCUT2D eigenvalue weighted by atomic mass is 9.66. The summed E-state index contributed by atoms with van der Waals surface area (Å²) >= 11 is 6.69. The van der Waals surface area contributed by atoms with Crippen LogP contribution in [0.1, 0.15) is 40.0 Å². The Bertz CT molecular complexity index is 857. The number of aliphatic hydroxyl groups excluding tert-OH is 1. The third-order valence-corrected chi connectivity index (χ3v) is 8.52. The van der Waals surface area contributed by atoms with Crippen LogP contribution in [0.2, 0.25) is 0 Å². The quantitative estimate of drug-likeness (QED) is 0.303. The number of hydrogen-bond acceptors (Lipinski definition) is 6. The topological polar surface area (TPSA) is 62.8 Å². The van der Waals surface area contributed by atoms with Gasteiger partial charge in [-0.2, -0.15) is 0 Å². The third kappa shape index (κ3) is 5.90. The molecule has 0 bridgehead atoms. The first kappa shape index (κ1) is 27.8. The second-order valence-electron chi connectivity index (χ2n) is 10.9. The molecule has 4 rings (SSSR count). The van der Waals surface area contributed by atoms with Crippen molar-refractivity contribution in [3.05, 3.63) is 23.8 Å². The van der Waals surface area contributed by atoms with Crippen LogP contribution in [0.4, 0.5) is 24.5 Å². The Morgan fingerprint density at radius 3 is 2.53 bits per heavy atom. The van der Waals surface area contributed by atoms with E-state index in [0.717, 1.165) is 6.42 Å². The maximum absolute atomic E-state index is 15.7. The minimum Gasteiger partial charge on any atom is -0.395 e. The van der Waals surface area contributed by atoms with Crippen LogP contribution in [-0.2, 0) is 0 Å². The average molecular weight is 532 g/mol. The summed E-state index contributed by atoms with van der Waals surface area (Å²) < 4.78 is 46.0. The van der Waals surface area contributed by atoms with E-state index < -0.39 is 17.8 Å². The predicted octanol–water partition coefficient (Wildman–Crippen LogP) is 3.74. The van der Waals surface area contributed by atoms with Crippen molar-refractivity contribution in [1.82, 2.24) is 15.5 Å². The van der Waals surface area contributed by atoms with Crippen LogP contribution in [-0.4, -0.2) is 79.3 Å². The molecule has 6 nitrogen and oxygen atoms in total. The second-order valence-corrected chi connectivity index (χ2v) is 11.6. The molecule has 10 heteroatoms. The van der Waals surface area contributed by atoms with Crippen molar-refractivity contribution < 1.29 is 18.3 Å². The molecule has 7 atom stereocenters. The van der Waals surface area contributed by atoms with E-state index in [0.29, 0.717) is 51.4 Å². The van der Waals surface area contributed by atoms with Gasteiger partial charge in [0.2, 0.25) is 0 Å². The molecular weight excluding hydrogens is 491 g/mol. The van der Waals surface area contributed by atoms with E-state index in [-0.39, 0.29) is 53.7 Å². The summed E-state index contributed by atoms with van der Waals surface area (Å²) in [6.07, 6.45) is 0.890. The summed E-state index contributed by atoms with van der Waals surface area (Å²) in [6.45, 7) is 8.47. The van der Waals surface area contributed by atoms with Crippen LogP contribution in [0.25, 0.3) is 0 Å². The first-order valence-electron chi connectivity index (χ1n) is 13.3. The number of nitrogens with zero attached hydrogens (tertiary/aromatic N) is 2. The minimum atomic E-state index is -0.931. The van der Waals surface area contributed by atoms with E-state index in [1.165, 1.54) is 12.1 Å². The van der Waals surface area contributed by atoms with Gasteiger partial charge in [0.1, 0.15) is 11.9 Å². The molecule has 2 aliphatic heterocycles. The summed E-state index contributed by atoms with van der Waals surface area (Å²) in [5.74, 6) is -0.931. The number of alkyl halides is 2. The molecule has 1 aliphatic carbocycles. The highest BCUT2D eigenvalue weighted by molar-refractivity contribution is 6.20. The lowest BCUT2D eigenvalue weighted by molar-refractivity contribution is 0.00532. The van der Waals surface area contributed by atoms with E-state index >= 15 is 8.78 Å².